The van der Waals surface area contributed by atoms with Gasteiger partial charge in [0.15, 0.2) is 24.6 Å². The summed E-state index contributed by atoms with van der Waals surface area (Å²) in [6, 6.07) is 0. The predicted octanol–water partition coefficient (Wildman–Crippen LogP) is 17.1. The minimum absolute atomic E-state index is 0.00514. The minimum atomic E-state index is -1.93. The smallest absolute Gasteiger partial charge is 0.335 e. The number of esters is 3. The summed E-state index contributed by atoms with van der Waals surface area (Å²) in [5.41, 5.74) is 0. The topological polar surface area (TPSA) is 175 Å². The molecule has 466 valence electrons. The zero-order chi connectivity index (χ0) is 60.3. The Morgan fingerprint density at radius 1 is 0.410 bits per heavy atom. The number of unbranched alkanes of at least 4 members (excludes halogenated alkanes) is 14. The van der Waals surface area contributed by atoms with E-state index < -0.39 is 67.3 Å². The molecule has 83 heavy (non-hydrogen) atoms. The second-order valence-corrected chi connectivity index (χ2v) is 20.9. The molecule has 3 N–H and O–H groups in total. The fourth-order valence-electron chi connectivity index (χ4n) is 8.59. The molecule has 1 heterocycles. The molecule has 6 unspecified atom stereocenters. The number of hydrogen-bond donors (Lipinski definition) is 3. The van der Waals surface area contributed by atoms with Gasteiger partial charge in [-0.3, -0.25) is 14.4 Å². The zero-order valence-corrected chi connectivity index (χ0v) is 51.4. The van der Waals surface area contributed by atoms with Crippen molar-refractivity contribution in [3.05, 3.63) is 146 Å². The van der Waals surface area contributed by atoms with Crippen molar-refractivity contribution in [2.45, 2.75) is 263 Å². The van der Waals surface area contributed by atoms with Crippen LogP contribution in [0.2, 0.25) is 0 Å². The van der Waals surface area contributed by atoms with E-state index in [-0.39, 0.29) is 25.9 Å². The molecular weight excluding hydrogens is 1040 g/mol. The van der Waals surface area contributed by atoms with Crippen LogP contribution in [0.5, 0.6) is 0 Å². The third-order valence-electron chi connectivity index (χ3n) is 13.4. The van der Waals surface area contributed by atoms with Crippen molar-refractivity contribution in [2.75, 3.05) is 13.2 Å². The molecule has 0 spiro atoms. The molecule has 12 nitrogen and oxygen atoms in total. The van der Waals surface area contributed by atoms with Crippen LogP contribution in [-0.2, 0) is 42.9 Å². The highest BCUT2D eigenvalue weighted by Gasteiger charge is 2.50. The fourth-order valence-corrected chi connectivity index (χ4v) is 8.59. The number of carboxylic acid groups (broad SMARTS) is 1. The van der Waals surface area contributed by atoms with Crippen LogP contribution < -0.4 is 0 Å². The van der Waals surface area contributed by atoms with Crippen molar-refractivity contribution in [3.63, 3.8) is 0 Å². The van der Waals surface area contributed by atoms with Gasteiger partial charge < -0.3 is 39.0 Å². The van der Waals surface area contributed by atoms with Crippen LogP contribution in [0.4, 0.5) is 0 Å². The summed E-state index contributed by atoms with van der Waals surface area (Å²) >= 11 is 0. The van der Waals surface area contributed by atoms with Gasteiger partial charge in [0.1, 0.15) is 18.8 Å². The van der Waals surface area contributed by atoms with Crippen molar-refractivity contribution >= 4 is 23.9 Å². The minimum Gasteiger partial charge on any atom is -0.479 e. The molecular formula is C71H110O12. The molecule has 0 amide bonds. The molecule has 0 saturated carbocycles. The summed E-state index contributed by atoms with van der Waals surface area (Å²) in [5, 5.41) is 31.6. The van der Waals surface area contributed by atoms with Crippen LogP contribution in [0.15, 0.2) is 146 Å². The zero-order valence-electron chi connectivity index (χ0n) is 51.4. The largest absolute Gasteiger partial charge is 0.479 e. The van der Waals surface area contributed by atoms with E-state index in [1.807, 2.05) is 12.2 Å². The van der Waals surface area contributed by atoms with Crippen LogP contribution >= 0.6 is 0 Å². The molecule has 0 aliphatic carbocycles. The predicted molar refractivity (Wildman–Crippen MR) is 339 cm³/mol. The van der Waals surface area contributed by atoms with Crippen LogP contribution in [0.3, 0.4) is 0 Å². The van der Waals surface area contributed by atoms with Gasteiger partial charge in [0.2, 0.25) is 0 Å². The average molecular weight is 1160 g/mol. The van der Waals surface area contributed by atoms with Crippen molar-refractivity contribution in [1.82, 2.24) is 0 Å². The van der Waals surface area contributed by atoms with Crippen molar-refractivity contribution < 1.29 is 58.2 Å². The number of aliphatic carboxylic acids is 1. The highest BCUT2D eigenvalue weighted by molar-refractivity contribution is 5.74. The molecule has 0 bridgehead atoms. The lowest BCUT2D eigenvalue weighted by Gasteiger charge is -2.40. The van der Waals surface area contributed by atoms with E-state index >= 15 is 0 Å². The number of carboxylic acids is 1. The highest BCUT2D eigenvalue weighted by Crippen LogP contribution is 2.26. The van der Waals surface area contributed by atoms with Crippen LogP contribution in [0.1, 0.15) is 226 Å². The number of carbonyl (C=O) groups excluding carboxylic acids is 3. The molecule has 1 rings (SSSR count). The number of carbonyl (C=O) groups is 4. The van der Waals surface area contributed by atoms with Crippen molar-refractivity contribution in [1.29, 1.82) is 0 Å². The monoisotopic (exact) mass is 1150 g/mol. The molecule has 0 aromatic carbocycles. The second kappa shape index (κ2) is 57.1. The van der Waals surface area contributed by atoms with Crippen LogP contribution in [0, 0.1) is 0 Å². The van der Waals surface area contributed by atoms with Crippen LogP contribution in [0.25, 0.3) is 0 Å². The van der Waals surface area contributed by atoms with E-state index in [1.54, 1.807) is 0 Å². The molecule has 6 atom stereocenters. The first-order valence-corrected chi connectivity index (χ1v) is 31.8. The Kier molecular flexibility index (Phi) is 52.0. The first-order chi connectivity index (χ1) is 40.6. The fraction of sp³-hybridized carbons (Fsp3) is 0.606. The summed E-state index contributed by atoms with van der Waals surface area (Å²) in [5.74, 6) is -3.30. The lowest BCUT2D eigenvalue weighted by molar-refractivity contribution is -0.301. The van der Waals surface area contributed by atoms with Gasteiger partial charge in [-0.05, 0) is 128 Å². The van der Waals surface area contributed by atoms with Crippen molar-refractivity contribution in [3.8, 4) is 0 Å². The Labute approximate surface area is 502 Å². The lowest BCUT2D eigenvalue weighted by atomic mass is 9.98. The molecule has 0 aromatic rings. The number of hydrogen-bond acceptors (Lipinski definition) is 11. The van der Waals surface area contributed by atoms with E-state index in [1.165, 1.54) is 38.5 Å². The molecule has 1 fully saturated rings. The first kappa shape index (κ1) is 75.6. The van der Waals surface area contributed by atoms with Gasteiger partial charge in [-0.25, -0.2) is 4.79 Å². The summed E-state index contributed by atoms with van der Waals surface area (Å²) in [7, 11) is 0. The van der Waals surface area contributed by atoms with Gasteiger partial charge in [0, 0.05) is 19.3 Å². The Morgan fingerprint density at radius 2 is 0.783 bits per heavy atom. The molecule has 12 heteroatoms. The maximum Gasteiger partial charge on any atom is 0.335 e. The number of allylic oxidation sites excluding steroid dienone is 24. The highest BCUT2D eigenvalue weighted by atomic mass is 16.7. The molecule has 0 radical (unpaired) electrons. The summed E-state index contributed by atoms with van der Waals surface area (Å²) in [4.78, 5) is 51.3. The Bertz CT molecular complexity index is 2000. The van der Waals surface area contributed by atoms with E-state index in [4.69, 9.17) is 23.7 Å². The van der Waals surface area contributed by atoms with Gasteiger partial charge >= 0.3 is 23.9 Å². The summed E-state index contributed by atoms with van der Waals surface area (Å²) in [6.07, 6.45) is 69.6. The molecule has 1 aliphatic heterocycles. The van der Waals surface area contributed by atoms with E-state index in [0.29, 0.717) is 19.3 Å². The van der Waals surface area contributed by atoms with Crippen molar-refractivity contribution in [2.24, 2.45) is 0 Å². The first-order valence-electron chi connectivity index (χ1n) is 31.8. The third-order valence-corrected chi connectivity index (χ3v) is 13.4. The van der Waals surface area contributed by atoms with Gasteiger partial charge in [0.25, 0.3) is 0 Å². The molecule has 0 aromatic heterocycles. The normalized spacial score (nSPS) is 18.6. The standard InChI is InChI=1S/C71H110O12/c1-4-7-10-13-16-19-22-25-28-30-32-34-37-39-42-45-48-51-54-57-63(72)79-60-62(81-64(73)58-55-52-49-46-43-40-36-27-24-21-18-15-12-9-6-3)61-80-71-69(67(76)66(75)68(83-71)70(77)78)82-65(74)59-56-53-50-47-44-41-38-35-33-31-29-26-23-20-17-14-11-8-5-2/h7-8,10-11,16-17,19-20,25-29,32-36,39,41-42,44,48,51,62,66-69,71,75-76H,4-6,9,12-15,18,21-24,30-31,37-38,40,43,45-47,49-50,52-61H2,1-3H3,(H,77,78)/b10-7-,11-8-,19-16-,20-17-,28-25-,29-26-,34-32-,35-33-,36-27-,42-39-,44-41-,51-48-. The summed E-state index contributed by atoms with van der Waals surface area (Å²) < 4.78 is 28.4. The van der Waals surface area contributed by atoms with E-state index in [0.717, 1.165) is 128 Å². The van der Waals surface area contributed by atoms with Gasteiger partial charge in [-0.1, -0.05) is 224 Å². The Hall–Kier alpha value is -5.40. The van der Waals surface area contributed by atoms with Crippen LogP contribution in [-0.4, -0.2) is 89.2 Å². The Morgan fingerprint density at radius 3 is 1.23 bits per heavy atom. The SMILES string of the molecule is CC/C=C\C/C=C\C/C=C\C/C=C\C/C=C\C/C=C\CCC(=O)OCC(COC1OC(C(=O)O)C(O)C(O)C1OC(=O)CCCCC/C=C\C/C=C\C/C=C\C/C=C\C/C=C\CC)OC(=O)CCCCCCC/C=C\CCCCCCCC. The van der Waals surface area contributed by atoms with Gasteiger partial charge in [-0.2, -0.15) is 0 Å². The van der Waals surface area contributed by atoms with Gasteiger partial charge in [0.05, 0.1) is 6.61 Å². The maximum absolute atomic E-state index is 13.2. The maximum atomic E-state index is 13.2. The number of aliphatic hydroxyl groups excluding tert-OH is 2. The lowest BCUT2D eigenvalue weighted by Crippen LogP contribution is -2.61. The Balaban J connectivity index is 2.75. The van der Waals surface area contributed by atoms with E-state index in [9.17, 15) is 34.5 Å². The average Bonchev–Trinajstić information content (AvgIpc) is 3.57. The third kappa shape index (κ3) is 46.6. The quantitative estimate of drug-likeness (QED) is 0.0228. The molecule has 1 saturated heterocycles. The number of aliphatic hydroxyl groups is 2. The number of rotatable bonds is 52. The van der Waals surface area contributed by atoms with Gasteiger partial charge in [-0.15, -0.1) is 0 Å². The summed E-state index contributed by atoms with van der Waals surface area (Å²) in [6.45, 7) is 5.67. The molecule has 1 aliphatic rings. The second-order valence-electron chi connectivity index (χ2n) is 20.9. The van der Waals surface area contributed by atoms with E-state index in [2.05, 4.69) is 154 Å². The number of ether oxygens (including phenoxy) is 5.